The maximum absolute atomic E-state index is 9.47. The molecule has 1 aliphatic heterocycles. The minimum absolute atomic E-state index is 0.167. The van der Waals surface area contributed by atoms with E-state index in [9.17, 15) is 5.53 Å². The molecule has 6 heteroatoms. The third-order valence-corrected chi connectivity index (χ3v) is 6.64. The quantitative estimate of drug-likeness (QED) is 0.102. The fourth-order valence-corrected chi connectivity index (χ4v) is 4.97. The summed E-state index contributed by atoms with van der Waals surface area (Å²) in [6, 6.07) is 29.9. The van der Waals surface area contributed by atoms with Crippen LogP contribution in [0.25, 0.3) is 10.4 Å². The lowest BCUT2D eigenvalue weighted by atomic mass is 9.80. The molecule has 0 N–H and O–H groups in total. The zero-order valence-electron chi connectivity index (χ0n) is 20.9. The van der Waals surface area contributed by atoms with Crippen molar-refractivity contribution in [2.75, 3.05) is 13.2 Å². The summed E-state index contributed by atoms with van der Waals surface area (Å²) >= 11 is 0. The Morgan fingerprint density at radius 2 is 1.50 bits per heavy atom. The number of hydrogen-bond acceptors (Lipinski definition) is 4. The first kappa shape index (κ1) is 25.7. The monoisotopic (exact) mass is 483 g/mol. The SMILES string of the molecule is C=C[C@H](C1CCOC(C)(C)O1)[C@H](COC(c1ccccc1)(c1ccccc1)c1ccccc1)N=[N+]=[N-]. The van der Waals surface area contributed by atoms with Gasteiger partial charge >= 0.3 is 0 Å². The van der Waals surface area contributed by atoms with Crippen LogP contribution in [0.3, 0.4) is 0 Å². The Morgan fingerprint density at radius 1 is 1.00 bits per heavy atom. The van der Waals surface area contributed by atoms with Crippen LogP contribution in [0.4, 0.5) is 0 Å². The maximum Gasteiger partial charge on any atom is 0.163 e. The van der Waals surface area contributed by atoms with Gasteiger partial charge in [-0.3, -0.25) is 0 Å². The van der Waals surface area contributed by atoms with Crippen LogP contribution in [0.15, 0.2) is 109 Å². The van der Waals surface area contributed by atoms with Gasteiger partial charge in [0, 0.05) is 10.8 Å². The van der Waals surface area contributed by atoms with Crippen LogP contribution < -0.4 is 0 Å². The third-order valence-electron chi connectivity index (χ3n) is 6.64. The number of rotatable bonds is 10. The molecule has 0 saturated carbocycles. The number of azide groups is 1. The smallest absolute Gasteiger partial charge is 0.163 e. The van der Waals surface area contributed by atoms with Crippen LogP contribution >= 0.6 is 0 Å². The van der Waals surface area contributed by atoms with E-state index in [1.54, 1.807) is 0 Å². The summed E-state index contributed by atoms with van der Waals surface area (Å²) in [6.45, 7) is 8.56. The second-order valence-electron chi connectivity index (χ2n) is 9.37. The highest BCUT2D eigenvalue weighted by Gasteiger charge is 2.41. The summed E-state index contributed by atoms with van der Waals surface area (Å²) in [5, 5.41) is 4.17. The van der Waals surface area contributed by atoms with Crippen molar-refractivity contribution in [3.63, 3.8) is 0 Å². The molecule has 3 atom stereocenters. The zero-order valence-corrected chi connectivity index (χ0v) is 20.9. The molecule has 0 radical (unpaired) electrons. The predicted molar refractivity (Wildman–Crippen MR) is 141 cm³/mol. The molecule has 6 nitrogen and oxygen atoms in total. The summed E-state index contributed by atoms with van der Waals surface area (Å²) in [5.74, 6) is -0.961. The normalized spacial score (nSPS) is 19.0. The van der Waals surface area contributed by atoms with Gasteiger partial charge in [-0.05, 0) is 42.5 Å². The molecule has 0 aromatic heterocycles. The minimum Gasteiger partial charge on any atom is -0.360 e. The van der Waals surface area contributed by atoms with Crippen molar-refractivity contribution in [3.05, 3.63) is 131 Å². The summed E-state index contributed by atoms with van der Waals surface area (Å²) in [5.41, 5.74) is 11.5. The highest BCUT2D eigenvalue weighted by atomic mass is 16.7. The van der Waals surface area contributed by atoms with Gasteiger partial charge in [0.05, 0.1) is 25.4 Å². The number of benzene rings is 3. The molecule has 0 spiro atoms. The van der Waals surface area contributed by atoms with E-state index >= 15 is 0 Å². The van der Waals surface area contributed by atoms with Gasteiger partial charge in [0.1, 0.15) is 5.60 Å². The van der Waals surface area contributed by atoms with E-state index in [0.29, 0.717) is 13.0 Å². The minimum atomic E-state index is -0.908. The molecule has 1 aliphatic rings. The molecule has 1 fully saturated rings. The Bertz CT molecular complexity index is 1070. The fraction of sp³-hybridized carbons (Fsp3) is 0.333. The maximum atomic E-state index is 9.47. The lowest BCUT2D eigenvalue weighted by Gasteiger charge is -2.41. The van der Waals surface area contributed by atoms with E-state index in [1.807, 2.05) is 74.5 Å². The van der Waals surface area contributed by atoms with Gasteiger partial charge < -0.3 is 14.2 Å². The molecule has 0 bridgehead atoms. The van der Waals surface area contributed by atoms with E-state index in [4.69, 9.17) is 14.2 Å². The average molecular weight is 484 g/mol. The van der Waals surface area contributed by atoms with Gasteiger partial charge in [-0.15, -0.1) is 6.58 Å². The lowest BCUT2D eigenvalue weighted by Crippen LogP contribution is -2.46. The van der Waals surface area contributed by atoms with Crippen molar-refractivity contribution >= 4 is 0 Å². The standard InChI is InChI=1S/C30H33N3O3/c1-4-26(28-20-21-34-29(2,3)36-28)27(32-33-31)22-35-30(23-14-8-5-9-15-23,24-16-10-6-11-17-24)25-18-12-7-13-19-25/h4-19,26-28H,1,20-22H2,2-3H3/t26-,27-,28?/m0/s1. The highest BCUT2D eigenvalue weighted by Crippen LogP contribution is 2.41. The van der Waals surface area contributed by atoms with Crippen LogP contribution in [-0.2, 0) is 19.8 Å². The number of nitrogens with zero attached hydrogens (tertiary/aromatic N) is 3. The predicted octanol–water partition coefficient (Wildman–Crippen LogP) is 7.02. The second-order valence-corrected chi connectivity index (χ2v) is 9.37. The molecule has 186 valence electrons. The molecule has 1 heterocycles. The van der Waals surface area contributed by atoms with E-state index in [0.717, 1.165) is 16.7 Å². The van der Waals surface area contributed by atoms with E-state index < -0.39 is 17.4 Å². The Balaban J connectivity index is 1.76. The highest BCUT2D eigenvalue weighted by molar-refractivity contribution is 5.47. The van der Waals surface area contributed by atoms with Crippen LogP contribution in [0.2, 0.25) is 0 Å². The van der Waals surface area contributed by atoms with Crippen LogP contribution in [-0.4, -0.2) is 31.1 Å². The molecule has 1 saturated heterocycles. The molecule has 3 aromatic carbocycles. The summed E-state index contributed by atoms with van der Waals surface area (Å²) in [7, 11) is 0. The molecule has 0 amide bonds. The zero-order chi connectivity index (χ0) is 25.4. The Morgan fingerprint density at radius 3 is 1.92 bits per heavy atom. The first-order valence-electron chi connectivity index (χ1n) is 12.3. The summed E-state index contributed by atoms with van der Waals surface area (Å²) < 4.78 is 18.9. The van der Waals surface area contributed by atoms with Gasteiger partial charge in [-0.2, -0.15) is 0 Å². The van der Waals surface area contributed by atoms with Crippen molar-refractivity contribution in [2.24, 2.45) is 11.0 Å². The molecule has 3 aromatic rings. The van der Waals surface area contributed by atoms with Crippen LogP contribution in [0.1, 0.15) is 37.0 Å². The van der Waals surface area contributed by atoms with Crippen LogP contribution in [0.5, 0.6) is 0 Å². The van der Waals surface area contributed by atoms with Gasteiger partial charge in [0.25, 0.3) is 0 Å². The molecule has 36 heavy (non-hydrogen) atoms. The van der Waals surface area contributed by atoms with Crippen molar-refractivity contribution in [1.29, 1.82) is 0 Å². The molecule has 1 unspecified atom stereocenters. The Labute approximate surface area is 213 Å². The lowest BCUT2D eigenvalue weighted by molar-refractivity contribution is -0.281. The van der Waals surface area contributed by atoms with Gasteiger partial charge in [0.2, 0.25) is 0 Å². The van der Waals surface area contributed by atoms with Gasteiger partial charge in [0.15, 0.2) is 5.79 Å². The van der Waals surface area contributed by atoms with Crippen LogP contribution in [0, 0.1) is 5.92 Å². The largest absolute Gasteiger partial charge is 0.360 e. The second kappa shape index (κ2) is 11.5. The van der Waals surface area contributed by atoms with Gasteiger partial charge in [-0.1, -0.05) is 102 Å². The van der Waals surface area contributed by atoms with Crippen molar-refractivity contribution < 1.29 is 14.2 Å². The van der Waals surface area contributed by atoms with E-state index in [1.165, 1.54) is 0 Å². The van der Waals surface area contributed by atoms with E-state index in [-0.39, 0.29) is 18.6 Å². The molecule has 0 aliphatic carbocycles. The summed E-state index contributed by atoms with van der Waals surface area (Å²) in [4.78, 5) is 3.17. The average Bonchev–Trinajstić information content (AvgIpc) is 2.91. The van der Waals surface area contributed by atoms with Crippen molar-refractivity contribution in [2.45, 2.75) is 43.8 Å². The molecular formula is C30H33N3O3. The topological polar surface area (TPSA) is 76.5 Å². The van der Waals surface area contributed by atoms with Crippen molar-refractivity contribution in [1.82, 2.24) is 0 Å². The first-order valence-corrected chi connectivity index (χ1v) is 12.3. The number of hydrogen-bond donors (Lipinski definition) is 0. The summed E-state index contributed by atoms with van der Waals surface area (Å²) in [6.07, 6.45) is 2.29. The fourth-order valence-electron chi connectivity index (χ4n) is 4.97. The number of ether oxygens (including phenoxy) is 3. The Kier molecular flexibility index (Phi) is 8.24. The van der Waals surface area contributed by atoms with Gasteiger partial charge in [-0.25, -0.2) is 0 Å². The first-order chi connectivity index (χ1) is 17.5. The third kappa shape index (κ3) is 5.53. The molecular weight excluding hydrogens is 450 g/mol. The molecule has 4 rings (SSSR count). The van der Waals surface area contributed by atoms with E-state index in [2.05, 4.69) is 53.0 Å². The van der Waals surface area contributed by atoms with Crippen molar-refractivity contribution in [3.8, 4) is 0 Å². The Hall–Kier alpha value is -3.41.